The van der Waals surface area contributed by atoms with Crippen molar-refractivity contribution >= 4 is 44.9 Å². The third-order valence-electron chi connectivity index (χ3n) is 5.96. The highest BCUT2D eigenvalue weighted by Gasteiger charge is 2.29. The number of piperidine rings is 1. The first kappa shape index (κ1) is 22.0. The molecule has 5 nitrogen and oxygen atoms in total. The summed E-state index contributed by atoms with van der Waals surface area (Å²) in [7, 11) is 0. The number of halogens is 1. The fourth-order valence-electron chi connectivity index (χ4n) is 4.27. The van der Waals surface area contributed by atoms with E-state index >= 15 is 0 Å². The maximum Gasteiger partial charge on any atom is 0.309 e. The Morgan fingerprint density at radius 3 is 2.52 bits per heavy atom. The minimum atomic E-state index is -0.0923. The van der Waals surface area contributed by atoms with Gasteiger partial charge in [-0.15, -0.1) is 11.3 Å². The monoisotopic (exact) mass is 457 g/mol. The molecule has 1 saturated heterocycles. The van der Waals surface area contributed by atoms with Crippen LogP contribution in [0.1, 0.15) is 50.0 Å². The highest BCUT2D eigenvalue weighted by atomic mass is 35.5. The minimum absolute atomic E-state index is 0.0451. The summed E-state index contributed by atoms with van der Waals surface area (Å²) in [4.78, 5) is 25.7. The molecule has 0 unspecified atom stereocenters. The number of fused-ring (bicyclic) bond motifs is 1. The highest BCUT2D eigenvalue weighted by Crippen LogP contribution is 2.43. The molecule has 164 valence electrons. The van der Waals surface area contributed by atoms with Gasteiger partial charge < -0.3 is 9.64 Å². The zero-order valence-electron chi connectivity index (χ0n) is 18.4. The Bertz CT molecular complexity index is 1090. The van der Waals surface area contributed by atoms with Gasteiger partial charge in [-0.05, 0) is 55.3 Å². The summed E-state index contributed by atoms with van der Waals surface area (Å²) < 4.78 is 5.22. The van der Waals surface area contributed by atoms with Crippen LogP contribution >= 0.6 is 22.9 Å². The van der Waals surface area contributed by atoms with Crippen LogP contribution in [-0.4, -0.2) is 35.6 Å². The molecule has 1 aromatic carbocycles. The van der Waals surface area contributed by atoms with Gasteiger partial charge in [0, 0.05) is 23.5 Å². The van der Waals surface area contributed by atoms with Crippen molar-refractivity contribution in [3.63, 3.8) is 0 Å². The number of nitrogens with zero attached hydrogens (tertiary/aromatic N) is 3. The third-order valence-corrected chi connectivity index (χ3v) is 7.13. The number of anilines is 1. The van der Waals surface area contributed by atoms with Gasteiger partial charge >= 0.3 is 5.97 Å². The van der Waals surface area contributed by atoms with Gasteiger partial charge in [0.1, 0.15) is 10.6 Å². The van der Waals surface area contributed by atoms with Gasteiger partial charge in [-0.2, -0.15) is 4.98 Å². The van der Waals surface area contributed by atoms with Crippen LogP contribution in [0.4, 0.5) is 5.82 Å². The Morgan fingerprint density at radius 2 is 1.90 bits per heavy atom. The van der Waals surface area contributed by atoms with Crippen LogP contribution in [0.15, 0.2) is 24.3 Å². The van der Waals surface area contributed by atoms with E-state index in [1.54, 1.807) is 11.3 Å². The standard InChI is InChI=1S/C24H28ClN3O2S/c1-5-30-23(29)18-10-12-28(13-11-18)21-20-19(15(4)31-22(20)27-24(25)26-21)17-8-6-16(7-9-17)14(2)3/h6-9,14,18H,5,10-13H2,1-4H3. The largest absolute Gasteiger partial charge is 0.466 e. The smallest absolute Gasteiger partial charge is 0.309 e. The molecule has 3 heterocycles. The molecule has 3 aromatic rings. The van der Waals surface area contributed by atoms with Crippen LogP contribution in [0, 0.1) is 12.8 Å². The molecule has 0 amide bonds. The molecule has 0 radical (unpaired) electrons. The van der Waals surface area contributed by atoms with Gasteiger partial charge in [-0.3, -0.25) is 4.79 Å². The molecule has 0 N–H and O–H groups in total. The number of esters is 1. The molecule has 0 saturated carbocycles. The van der Waals surface area contributed by atoms with Crippen molar-refractivity contribution < 1.29 is 9.53 Å². The lowest BCUT2D eigenvalue weighted by Gasteiger charge is -2.32. The molecular formula is C24H28ClN3O2S. The predicted molar refractivity (Wildman–Crippen MR) is 128 cm³/mol. The number of carbonyl (C=O) groups excluding carboxylic acids is 1. The molecule has 1 fully saturated rings. The average molecular weight is 458 g/mol. The summed E-state index contributed by atoms with van der Waals surface area (Å²) >= 11 is 7.96. The number of ether oxygens (including phenoxy) is 1. The fraction of sp³-hybridized carbons (Fsp3) is 0.458. The lowest BCUT2D eigenvalue weighted by atomic mass is 9.95. The van der Waals surface area contributed by atoms with Gasteiger partial charge in [0.2, 0.25) is 5.28 Å². The van der Waals surface area contributed by atoms with E-state index in [0.29, 0.717) is 12.5 Å². The van der Waals surface area contributed by atoms with Crippen LogP contribution in [0.3, 0.4) is 0 Å². The second-order valence-electron chi connectivity index (χ2n) is 8.32. The van der Waals surface area contributed by atoms with Crippen molar-refractivity contribution in [2.75, 3.05) is 24.6 Å². The number of hydrogen-bond acceptors (Lipinski definition) is 6. The summed E-state index contributed by atoms with van der Waals surface area (Å²) in [6.07, 6.45) is 1.51. The van der Waals surface area contributed by atoms with E-state index in [1.807, 2.05) is 6.92 Å². The summed E-state index contributed by atoms with van der Waals surface area (Å²) in [5.41, 5.74) is 3.66. The summed E-state index contributed by atoms with van der Waals surface area (Å²) in [6.45, 7) is 10.3. The molecule has 1 aliphatic rings. The Hall–Kier alpha value is -2.18. The summed E-state index contributed by atoms with van der Waals surface area (Å²) in [5, 5.41) is 1.32. The Balaban J connectivity index is 1.72. The first-order valence-corrected chi connectivity index (χ1v) is 12.1. The third kappa shape index (κ3) is 4.41. The van der Waals surface area contributed by atoms with Crippen LogP contribution in [0.2, 0.25) is 5.28 Å². The van der Waals surface area contributed by atoms with Gasteiger partial charge in [-0.1, -0.05) is 38.1 Å². The van der Waals surface area contributed by atoms with Crippen LogP contribution < -0.4 is 4.90 Å². The van der Waals surface area contributed by atoms with E-state index in [-0.39, 0.29) is 17.2 Å². The van der Waals surface area contributed by atoms with Crippen LogP contribution in [0.25, 0.3) is 21.3 Å². The van der Waals surface area contributed by atoms with Crippen molar-refractivity contribution in [1.82, 2.24) is 9.97 Å². The molecule has 7 heteroatoms. The zero-order valence-corrected chi connectivity index (χ0v) is 20.0. The van der Waals surface area contributed by atoms with E-state index in [4.69, 9.17) is 16.3 Å². The maximum absolute atomic E-state index is 12.1. The summed E-state index contributed by atoms with van der Waals surface area (Å²) in [6, 6.07) is 8.78. The minimum Gasteiger partial charge on any atom is -0.466 e. The first-order chi connectivity index (χ1) is 14.9. The Kier molecular flexibility index (Phi) is 6.49. The number of aromatic nitrogens is 2. The van der Waals surface area contributed by atoms with Crippen molar-refractivity contribution in [2.45, 2.75) is 46.5 Å². The first-order valence-electron chi connectivity index (χ1n) is 10.9. The lowest BCUT2D eigenvalue weighted by molar-refractivity contribution is -0.148. The second kappa shape index (κ2) is 9.13. The molecule has 0 aliphatic carbocycles. The Morgan fingerprint density at radius 1 is 1.23 bits per heavy atom. The molecular weight excluding hydrogens is 430 g/mol. The normalized spacial score (nSPS) is 15.1. The molecule has 0 spiro atoms. The molecule has 31 heavy (non-hydrogen) atoms. The van der Waals surface area contributed by atoms with E-state index in [2.05, 4.69) is 59.9 Å². The van der Waals surface area contributed by atoms with Crippen molar-refractivity contribution in [3.05, 3.63) is 40.0 Å². The van der Waals surface area contributed by atoms with E-state index in [9.17, 15) is 4.79 Å². The van der Waals surface area contributed by atoms with Crippen molar-refractivity contribution in [2.24, 2.45) is 5.92 Å². The van der Waals surface area contributed by atoms with Crippen molar-refractivity contribution in [1.29, 1.82) is 0 Å². The van der Waals surface area contributed by atoms with E-state index < -0.39 is 0 Å². The topological polar surface area (TPSA) is 55.3 Å². The molecule has 4 rings (SSSR count). The lowest BCUT2D eigenvalue weighted by Crippen LogP contribution is -2.37. The SMILES string of the molecule is CCOC(=O)C1CCN(c2nc(Cl)nc3sc(C)c(-c4ccc(C(C)C)cc4)c23)CC1. The van der Waals surface area contributed by atoms with Gasteiger partial charge in [-0.25, -0.2) is 4.98 Å². The summed E-state index contributed by atoms with van der Waals surface area (Å²) in [5.74, 6) is 1.22. The van der Waals surface area contributed by atoms with Crippen LogP contribution in [-0.2, 0) is 9.53 Å². The average Bonchev–Trinajstić information content (AvgIpc) is 3.09. The number of rotatable bonds is 5. The van der Waals surface area contributed by atoms with Crippen LogP contribution in [0.5, 0.6) is 0 Å². The number of benzene rings is 1. The number of aryl methyl sites for hydroxylation is 1. The molecule has 2 aromatic heterocycles. The number of carbonyl (C=O) groups is 1. The van der Waals surface area contributed by atoms with Gasteiger partial charge in [0.25, 0.3) is 0 Å². The van der Waals surface area contributed by atoms with Gasteiger partial charge in [0.15, 0.2) is 0 Å². The van der Waals surface area contributed by atoms with E-state index in [0.717, 1.165) is 42.0 Å². The Labute approximate surface area is 192 Å². The highest BCUT2D eigenvalue weighted by molar-refractivity contribution is 7.19. The number of hydrogen-bond donors (Lipinski definition) is 0. The van der Waals surface area contributed by atoms with E-state index in [1.165, 1.54) is 21.6 Å². The van der Waals surface area contributed by atoms with Crippen molar-refractivity contribution in [3.8, 4) is 11.1 Å². The fourth-order valence-corrected chi connectivity index (χ4v) is 5.52. The second-order valence-corrected chi connectivity index (χ2v) is 9.86. The quantitative estimate of drug-likeness (QED) is 0.336. The molecule has 1 aliphatic heterocycles. The number of thiophene rings is 1. The molecule has 0 atom stereocenters. The zero-order chi connectivity index (χ0) is 22.1. The van der Waals surface area contributed by atoms with Gasteiger partial charge in [0.05, 0.1) is 17.9 Å². The predicted octanol–water partition coefficient (Wildman–Crippen LogP) is 6.22. The maximum atomic E-state index is 12.1. The molecule has 0 bridgehead atoms.